The Morgan fingerprint density at radius 1 is 1.36 bits per heavy atom. The third-order valence-electron chi connectivity index (χ3n) is 3.69. The van der Waals surface area contributed by atoms with Crippen LogP contribution in [0.1, 0.15) is 21.9 Å². The second-order valence-corrected chi connectivity index (χ2v) is 5.23. The first-order valence-corrected chi connectivity index (χ1v) is 7.25. The van der Waals surface area contributed by atoms with Crippen molar-refractivity contribution in [1.82, 2.24) is 14.9 Å². The van der Waals surface area contributed by atoms with Gasteiger partial charge < -0.3 is 20.0 Å². The average Bonchev–Trinajstić information content (AvgIpc) is 3.13. The van der Waals surface area contributed by atoms with Gasteiger partial charge >= 0.3 is 0 Å². The molecule has 6 nitrogen and oxygen atoms in total. The number of aryl methyl sites for hydroxylation is 1. The average molecular weight is 389 g/mol. The summed E-state index contributed by atoms with van der Waals surface area (Å²) in [6.45, 7) is 0.672. The van der Waals surface area contributed by atoms with Gasteiger partial charge in [0.25, 0.3) is 5.91 Å². The smallest absolute Gasteiger partial charge is 0.254 e. The van der Waals surface area contributed by atoms with E-state index in [0.29, 0.717) is 29.8 Å². The lowest BCUT2D eigenvalue weighted by Gasteiger charge is -2.04. The number of halogens is 3. The van der Waals surface area contributed by atoms with Crippen LogP contribution in [0, 0.1) is 5.82 Å². The van der Waals surface area contributed by atoms with Crippen molar-refractivity contribution in [2.75, 3.05) is 6.54 Å². The number of hydrogen-bond acceptors (Lipinski definition) is 4. The number of amides is 1. The number of nitrogens with zero attached hydrogens (tertiary/aromatic N) is 2. The lowest BCUT2D eigenvalue weighted by Crippen LogP contribution is -2.26. The van der Waals surface area contributed by atoms with Crippen LogP contribution in [-0.4, -0.2) is 22.0 Å². The fourth-order valence-electron chi connectivity index (χ4n) is 2.44. The van der Waals surface area contributed by atoms with E-state index in [1.165, 1.54) is 18.4 Å². The molecule has 0 aliphatic carbocycles. The molecule has 0 spiro atoms. The van der Waals surface area contributed by atoms with Crippen molar-refractivity contribution >= 4 is 41.8 Å². The molecule has 3 rings (SSSR count). The summed E-state index contributed by atoms with van der Waals surface area (Å²) in [6, 6.07) is 6.12. The van der Waals surface area contributed by atoms with Gasteiger partial charge in [0.05, 0.1) is 23.1 Å². The van der Waals surface area contributed by atoms with Crippen LogP contribution in [0.4, 0.5) is 4.39 Å². The highest BCUT2D eigenvalue weighted by atomic mass is 35.5. The molecule has 0 atom stereocenters. The number of imidazole rings is 1. The van der Waals surface area contributed by atoms with Gasteiger partial charge in [-0.25, -0.2) is 9.37 Å². The number of carbonyl (C=O) groups excluding carboxylic acids is 1. The normalized spacial score (nSPS) is 10.2. The van der Waals surface area contributed by atoms with Gasteiger partial charge in [0.1, 0.15) is 23.7 Å². The minimum absolute atomic E-state index is 0. The van der Waals surface area contributed by atoms with Crippen molar-refractivity contribution in [3.8, 4) is 0 Å². The summed E-state index contributed by atoms with van der Waals surface area (Å²) in [5.41, 5.74) is 7.35. The second-order valence-electron chi connectivity index (χ2n) is 5.23. The van der Waals surface area contributed by atoms with Crippen molar-refractivity contribution in [3.63, 3.8) is 0 Å². The molecule has 0 saturated heterocycles. The van der Waals surface area contributed by atoms with E-state index in [9.17, 15) is 9.18 Å². The van der Waals surface area contributed by atoms with Gasteiger partial charge in [0.15, 0.2) is 0 Å². The van der Waals surface area contributed by atoms with E-state index < -0.39 is 0 Å². The van der Waals surface area contributed by atoms with Gasteiger partial charge in [-0.15, -0.1) is 24.8 Å². The van der Waals surface area contributed by atoms with Gasteiger partial charge in [-0.1, -0.05) is 0 Å². The van der Waals surface area contributed by atoms with Gasteiger partial charge in [-0.2, -0.15) is 0 Å². The van der Waals surface area contributed by atoms with Crippen LogP contribution < -0.4 is 11.1 Å². The predicted molar refractivity (Wildman–Crippen MR) is 97.8 cm³/mol. The molecule has 0 fully saturated rings. The lowest BCUT2D eigenvalue weighted by atomic mass is 10.3. The quantitative estimate of drug-likeness (QED) is 0.703. The molecule has 2 aromatic heterocycles. The molecule has 3 N–H and O–H groups in total. The van der Waals surface area contributed by atoms with Crippen LogP contribution in [0.25, 0.3) is 11.0 Å². The van der Waals surface area contributed by atoms with E-state index in [0.717, 1.165) is 11.3 Å². The highest BCUT2D eigenvalue weighted by Crippen LogP contribution is 2.16. The summed E-state index contributed by atoms with van der Waals surface area (Å²) in [7, 11) is 1.87. The highest BCUT2D eigenvalue weighted by molar-refractivity contribution is 5.93. The predicted octanol–water partition coefficient (Wildman–Crippen LogP) is 2.58. The van der Waals surface area contributed by atoms with Gasteiger partial charge in [-0.3, -0.25) is 4.79 Å². The number of furan rings is 1. The molecule has 2 heterocycles. The summed E-state index contributed by atoms with van der Waals surface area (Å²) in [4.78, 5) is 16.4. The van der Waals surface area contributed by atoms with Crippen LogP contribution in [0.15, 0.2) is 34.9 Å². The summed E-state index contributed by atoms with van der Waals surface area (Å²) < 4.78 is 20.3. The number of aromatic nitrogens is 2. The zero-order valence-electron chi connectivity index (χ0n) is 13.5. The second kappa shape index (κ2) is 8.84. The molecule has 25 heavy (non-hydrogen) atoms. The van der Waals surface area contributed by atoms with E-state index >= 15 is 0 Å². The molecule has 3 aromatic rings. The third-order valence-corrected chi connectivity index (χ3v) is 3.69. The number of nitrogens with one attached hydrogen (secondary N) is 1. The summed E-state index contributed by atoms with van der Waals surface area (Å²) in [6.07, 6.45) is 1.93. The monoisotopic (exact) mass is 388 g/mol. The Labute approximate surface area is 156 Å². The molecule has 0 unspecified atom stereocenters. The molecular weight excluding hydrogens is 370 g/mol. The Hall–Kier alpha value is -2.09. The Morgan fingerprint density at radius 3 is 2.80 bits per heavy atom. The fraction of sp³-hybridized carbons (Fsp3) is 0.250. The number of benzene rings is 1. The van der Waals surface area contributed by atoms with Crippen LogP contribution in [0.3, 0.4) is 0 Å². The number of fused-ring (bicyclic) bond motifs is 1. The van der Waals surface area contributed by atoms with Crippen molar-refractivity contribution in [2.45, 2.75) is 13.0 Å². The largest absolute Gasteiger partial charge is 0.467 e. The SMILES string of the molecule is Cl.Cl.Cn1c(CCNC(=O)c2coc(CN)c2)nc2cc(F)ccc21. The van der Waals surface area contributed by atoms with Crippen molar-refractivity contribution in [1.29, 1.82) is 0 Å². The molecule has 1 aromatic carbocycles. The number of rotatable bonds is 5. The molecule has 0 aliphatic heterocycles. The minimum Gasteiger partial charge on any atom is -0.467 e. The first kappa shape index (κ1) is 21.0. The molecule has 136 valence electrons. The number of hydrogen-bond donors (Lipinski definition) is 2. The Bertz CT molecular complexity index is 863. The zero-order chi connectivity index (χ0) is 16.4. The Kier molecular flexibility index (Phi) is 7.41. The first-order chi connectivity index (χ1) is 11.1. The topological polar surface area (TPSA) is 86.1 Å². The minimum atomic E-state index is -0.314. The van der Waals surface area contributed by atoms with Crippen molar-refractivity contribution in [2.24, 2.45) is 12.8 Å². The Morgan fingerprint density at radius 2 is 2.12 bits per heavy atom. The molecule has 0 bridgehead atoms. The van der Waals surface area contributed by atoms with Crippen LogP contribution >= 0.6 is 24.8 Å². The molecule has 0 aliphatic rings. The van der Waals surface area contributed by atoms with E-state index in [4.69, 9.17) is 10.2 Å². The summed E-state index contributed by atoms with van der Waals surface area (Å²) in [5.74, 6) is 0.803. The fourth-order valence-corrected chi connectivity index (χ4v) is 2.44. The standard InChI is InChI=1S/C16H17FN4O2.2ClH/c1-21-14-3-2-11(17)7-13(14)20-15(21)4-5-19-16(22)10-6-12(8-18)23-9-10;;/h2-3,6-7,9H,4-5,8,18H2,1H3,(H,19,22);2*1H. The molecule has 0 radical (unpaired) electrons. The molecule has 0 saturated carbocycles. The summed E-state index contributed by atoms with van der Waals surface area (Å²) >= 11 is 0. The highest BCUT2D eigenvalue weighted by Gasteiger charge is 2.11. The Balaban J connectivity index is 0.00000156. The van der Waals surface area contributed by atoms with Crippen LogP contribution in [-0.2, 0) is 20.0 Å². The van der Waals surface area contributed by atoms with E-state index in [-0.39, 0.29) is 43.1 Å². The van der Waals surface area contributed by atoms with Gasteiger partial charge in [-0.05, 0) is 18.2 Å². The van der Waals surface area contributed by atoms with Crippen molar-refractivity contribution in [3.05, 3.63) is 53.5 Å². The summed E-state index contributed by atoms with van der Waals surface area (Å²) in [5, 5.41) is 2.80. The first-order valence-electron chi connectivity index (χ1n) is 7.25. The number of nitrogens with two attached hydrogens (primary N) is 1. The van der Waals surface area contributed by atoms with E-state index in [1.54, 1.807) is 12.1 Å². The maximum absolute atomic E-state index is 13.2. The molecule has 9 heteroatoms. The molecular formula is C16H19Cl2FN4O2. The van der Waals surface area contributed by atoms with E-state index in [2.05, 4.69) is 10.3 Å². The van der Waals surface area contributed by atoms with Crippen molar-refractivity contribution < 1.29 is 13.6 Å². The van der Waals surface area contributed by atoms with Crippen LogP contribution in [0.2, 0.25) is 0 Å². The molecule has 1 amide bonds. The maximum atomic E-state index is 13.2. The lowest BCUT2D eigenvalue weighted by molar-refractivity contribution is 0.0953. The number of carbonyl (C=O) groups is 1. The van der Waals surface area contributed by atoms with Gasteiger partial charge in [0.2, 0.25) is 0 Å². The maximum Gasteiger partial charge on any atom is 0.254 e. The van der Waals surface area contributed by atoms with Crippen LogP contribution in [0.5, 0.6) is 0 Å². The van der Waals surface area contributed by atoms with Gasteiger partial charge in [0, 0.05) is 26.1 Å². The zero-order valence-corrected chi connectivity index (χ0v) is 15.1. The third kappa shape index (κ3) is 4.50. The van der Waals surface area contributed by atoms with E-state index in [1.807, 2.05) is 11.6 Å².